The molecule has 2 N–H and O–H groups in total. The van der Waals surface area contributed by atoms with Crippen molar-refractivity contribution >= 4 is 23.5 Å². The number of rotatable bonds is 4. The Balaban J connectivity index is 2.07. The minimum atomic E-state index is -0.936. The summed E-state index contributed by atoms with van der Waals surface area (Å²) in [6.45, 7) is 2.71. The van der Waals surface area contributed by atoms with Crippen molar-refractivity contribution in [2.24, 2.45) is 5.41 Å². The second-order valence-corrected chi connectivity index (χ2v) is 5.78. The highest BCUT2D eigenvalue weighted by Crippen LogP contribution is 2.30. The van der Waals surface area contributed by atoms with Crippen LogP contribution < -0.4 is 5.32 Å². The van der Waals surface area contributed by atoms with E-state index in [4.69, 9.17) is 16.3 Å². The molecule has 1 saturated heterocycles. The van der Waals surface area contributed by atoms with Gasteiger partial charge in [0.05, 0.1) is 5.41 Å². The monoisotopic (exact) mass is 311 g/mol. The molecule has 1 aromatic rings. The van der Waals surface area contributed by atoms with Gasteiger partial charge in [0.25, 0.3) is 5.91 Å². The lowest BCUT2D eigenvalue weighted by Gasteiger charge is -2.33. The molecule has 6 heteroatoms. The number of hydrogen-bond acceptors (Lipinski definition) is 3. The van der Waals surface area contributed by atoms with Crippen molar-refractivity contribution in [3.05, 3.63) is 34.3 Å². The quantitative estimate of drug-likeness (QED) is 0.894. The van der Waals surface area contributed by atoms with Gasteiger partial charge < -0.3 is 15.2 Å². The van der Waals surface area contributed by atoms with Crippen LogP contribution in [0.25, 0.3) is 0 Å². The van der Waals surface area contributed by atoms with E-state index in [2.05, 4.69) is 5.32 Å². The van der Waals surface area contributed by atoms with Crippen LogP contribution >= 0.6 is 11.6 Å². The van der Waals surface area contributed by atoms with Gasteiger partial charge in [-0.2, -0.15) is 0 Å². The number of hydrogen-bond donors (Lipinski definition) is 2. The number of aryl methyl sites for hydroxylation is 1. The third kappa shape index (κ3) is 3.54. The van der Waals surface area contributed by atoms with Crippen molar-refractivity contribution in [2.75, 3.05) is 19.8 Å². The SMILES string of the molecule is Cc1cc(Cl)ccc1C(=O)NCC1(C(=O)O)CCOCC1. The standard InChI is InChI=1S/C15H18ClNO4/c1-10-8-11(16)2-3-12(10)13(18)17-9-15(14(19)20)4-6-21-7-5-15/h2-3,8H,4-7,9H2,1H3,(H,17,18)(H,19,20). The van der Waals surface area contributed by atoms with E-state index in [0.29, 0.717) is 36.6 Å². The Kier molecular flexibility index (Phi) is 4.85. The second-order valence-electron chi connectivity index (χ2n) is 5.34. The number of nitrogens with one attached hydrogen (secondary N) is 1. The van der Waals surface area contributed by atoms with Crippen LogP contribution in [0.4, 0.5) is 0 Å². The zero-order valence-corrected chi connectivity index (χ0v) is 12.6. The smallest absolute Gasteiger partial charge is 0.311 e. The maximum atomic E-state index is 12.2. The van der Waals surface area contributed by atoms with Crippen molar-refractivity contribution in [3.8, 4) is 0 Å². The largest absolute Gasteiger partial charge is 0.481 e. The van der Waals surface area contributed by atoms with Crippen LogP contribution in [-0.2, 0) is 9.53 Å². The van der Waals surface area contributed by atoms with Crippen LogP contribution in [0.3, 0.4) is 0 Å². The van der Waals surface area contributed by atoms with E-state index in [1.165, 1.54) is 0 Å². The minimum absolute atomic E-state index is 0.104. The van der Waals surface area contributed by atoms with Gasteiger partial charge in [-0.1, -0.05) is 11.6 Å². The fourth-order valence-electron chi connectivity index (χ4n) is 2.45. The Bertz CT molecular complexity index is 553. The number of carbonyl (C=O) groups excluding carboxylic acids is 1. The molecule has 1 aliphatic heterocycles. The van der Waals surface area contributed by atoms with Gasteiger partial charge in [-0.05, 0) is 43.5 Å². The Morgan fingerprint density at radius 2 is 2.05 bits per heavy atom. The van der Waals surface area contributed by atoms with Gasteiger partial charge in [0.2, 0.25) is 0 Å². The molecule has 0 saturated carbocycles. The molecule has 5 nitrogen and oxygen atoms in total. The first-order chi connectivity index (χ1) is 9.94. The molecule has 1 fully saturated rings. The van der Waals surface area contributed by atoms with Crippen LogP contribution in [0.1, 0.15) is 28.8 Å². The molecule has 114 valence electrons. The zero-order chi connectivity index (χ0) is 15.5. The summed E-state index contributed by atoms with van der Waals surface area (Å²) in [6.07, 6.45) is 0.810. The summed E-state index contributed by atoms with van der Waals surface area (Å²) in [6, 6.07) is 4.99. The highest BCUT2D eigenvalue weighted by molar-refractivity contribution is 6.30. The minimum Gasteiger partial charge on any atom is -0.481 e. The summed E-state index contributed by atoms with van der Waals surface area (Å²) >= 11 is 5.86. The molecular formula is C15H18ClNO4. The van der Waals surface area contributed by atoms with Gasteiger partial charge in [0, 0.05) is 30.3 Å². The molecule has 21 heavy (non-hydrogen) atoms. The third-order valence-electron chi connectivity index (χ3n) is 3.92. The fraction of sp³-hybridized carbons (Fsp3) is 0.467. The predicted octanol–water partition coefficient (Wildman–Crippen LogP) is 2.26. The molecule has 1 aliphatic rings. The molecule has 0 spiro atoms. The maximum Gasteiger partial charge on any atom is 0.311 e. The Morgan fingerprint density at radius 3 is 2.62 bits per heavy atom. The first-order valence-corrected chi connectivity index (χ1v) is 7.18. The number of ether oxygens (including phenoxy) is 1. The lowest BCUT2D eigenvalue weighted by atomic mass is 9.80. The Morgan fingerprint density at radius 1 is 1.38 bits per heavy atom. The first kappa shape index (κ1) is 15.8. The summed E-state index contributed by atoms with van der Waals surface area (Å²) in [5.41, 5.74) is 0.331. The highest BCUT2D eigenvalue weighted by Gasteiger charge is 2.40. The van der Waals surface area contributed by atoms with Crippen LogP contribution in [-0.4, -0.2) is 36.7 Å². The first-order valence-electron chi connectivity index (χ1n) is 6.80. The molecule has 1 heterocycles. The summed E-state index contributed by atoms with van der Waals surface area (Å²) in [7, 11) is 0. The molecule has 0 atom stereocenters. The Hall–Kier alpha value is -1.59. The van der Waals surface area contributed by atoms with E-state index in [1.54, 1.807) is 25.1 Å². The van der Waals surface area contributed by atoms with Crippen LogP contribution in [0.15, 0.2) is 18.2 Å². The molecule has 1 amide bonds. The van der Waals surface area contributed by atoms with Crippen molar-refractivity contribution in [1.82, 2.24) is 5.32 Å². The van der Waals surface area contributed by atoms with Gasteiger partial charge in [0.15, 0.2) is 0 Å². The van der Waals surface area contributed by atoms with Crippen LogP contribution in [0.2, 0.25) is 5.02 Å². The van der Waals surface area contributed by atoms with Gasteiger partial charge in [0.1, 0.15) is 0 Å². The number of benzene rings is 1. The van der Waals surface area contributed by atoms with Crippen LogP contribution in [0.5, 0.6) is 0 Å². The van der Waals surface area contributed by atoms with E-state index >= 15 is 0 Å². The highest BCUT2D eigenvalue weighted by atomic mass is 35.5. The van der Waals surface area contributed by atoms with E-state index in [-0.39, 0.29) is 12.5 Å². The molecular weight excluding hydrogens is 294 g/mol. The molecule has 0 radical (unpaired) electrons. The van der Waals surface area contributed by atoms with E-state index in [1.807, 2.05) is 0 Å². The second kappa shape index (κ2) is 6.45. The fourth-order valence-corrected chi connectivity index (χ4v) is 2.68. The number of carboxylic acid groups (broad SMARTS) is 1. The average Bonchev–Trinajstić information content (AvgIpc) is 2.45. The van der Waals surface area contributed by atoms with Gasteiger partial charge >= 0.3 is 5.97 Å². The number of aliphatic carboxylic acids is 1. The number of carboxylic acids is 1. The molecule has 0 unspecified atom stereocenters. The summed E-state index contributed by atoms with van der Waals surface area (Å²) in [5, 5.41) is 12.7. The van der Waals surface area contributed by atoms with Gasteiger partial charge in [-0.25, -0.2) is 0 Å². The number of amides is 1. The molecule has 2 rings (SSSR count). The van der Waals surface area contributed by atoms with Crippen molar-refractivity contribution in [1.29, 1.82) is 0 Å². The predicted molar refractivity (Wildman–Crippen MR) is 78.6 cm³/mol. The normalized spacial score (nSPS) is 17.2. The van der Waals surface area contributed by atoms with E-state index < -0.39 is 11.4 Å². The molecule has 0 aliphatic carbocycles. The van der Waals surface area contributed by atoms with Crippen molar-refractivity contribution < 1.29 is 19.4 Å². The van der Waals surface area contributed by atoms with Crippen molar-refractivity contribution in [3.63, 3.8) is 0 Å². The zero-order valence-electron chi connectivity index (χ0n) is 11.8. The van der Waals surface area contributed by atoms with Crippen molar-refractivity contribution in [2.45, 2.75) is 19.8 Å². The average molecular weight is 312 g/mol. The lowest BCUT2D eigenvalue weighted by molar-refractivity contribution is -0.154. The van der Waals surface area contributed by atoms with Gasteiger partial charge in [-0.3, -0.25) is 9.59 Å². The van der Waals surface area contributed by atoms with E-state index in [9.17, 15) is 14.7 Å². The number of carbonyl (C=O) groups is 2. The maximum absolute atomic E-state index is 12.2. The topological polar surface area (TPSA) is 75.6 Å². The van der Waals surface area contributed by atoms with Gasteiger partial charge in [-0.15, -0.1) is 0 Å². The summed E-state index contributed by atoms with van der Waals surface area (Å²) < 4.78 is 5.21. The third-order valence-corrected chi connectivity index (χ3v) is 4.16. The lowest BCUT2D eigenvalue weighted by Crippen LogP contribution is -2.46. The van der Waals surface area contributed by atoms with E-state index in [0.717, 1.165) is 5.56 Å². The van der Waals surface area contributed by atoms with Crippen LogP contribution in [0, 0.1) is 12.3 Å². The Labute approximate surface area is 128 Å². The molecule has 1 aromatic carbocycles. The summed E-state index contributed by atoms with van der Waals surface area (Å²) in [4.78, 5) is 23.7. The molecule has 0 bridgehead atoms. The number of halogens is 1. The summed E-state index contributed by atoms with van der Waals surface area (Å²) in [5.74, 6) is -1.17. The molecule has 0 aromatic heterocycles.